The average molecular weight is 491 g/mol. The first-order valence-electron chi connectivity index (χ1n) is 12.2. The highest BCUT2D eigenvalue weighted by Crippen LogP contribution is 2.36. The molecular weight excluding hydrogens is 462 g/mol. The minimum atomic E-state index is -1.01. The van der Waals surface area contributed by atoms with Crippen LogP contribution in [0, 0.1) is 17.6 Å². The number of hydrogen-bond acceptors (Lipinski definition) is 4. The van der Waals surface area contributed by atoms with Gasteiger partial charge in [0, 0.05) is 32.1 Å². The summed E-state index contributed by atoms with van der Waals surface area (Å²) in [6.45, 7) is 2.36. The summed E-state index contributed by atoms with van der Waals surface area (Å²) in [5, 5.41) is 9.01. The smallest absolute Gasteiger partial charge is 0.254 e. The number of benzene rings is 3. The molecule has 1 heterocycles. The Kier molecular flexibility index (Phi) is 6.95. The van der Waals surface area contributed by atoms with Gasteiger partial charge in [-0.05, 0) is 48.2 Å². The Morgan fingerprint density at radius 2 is 1.81 bits per heavy atom. The molecule has 6 nitrogen and oxygen atoms in total. The minimum Gasteiger partial charge on any atom is -0.368 e. The quantitative estimate of drug-likeness (QED) is 0.472. The highest BCUT2D eigenvalue weighted by molar-refractivity contribution is 6.02. The number of amides is 2. The van der Waals surface area contributed by atoms with Crippen molar-refractivity contribution >= 4 is 23.2 Å². The summed E-state index contributed by atoms with van der Waals surface area (Å²) in [6, 6.07) is 18.7. The van der Waals surface area contributed by atoms with Crippen molar-refractivity contribution in [2.75, 3.05) is 29.9 Å². The molecule has 3 N–H and O–H groups in total. The van der Waals surface area contributed by atoms with Crippen LogP contribution in [0.2, 0.25) is 0 Å². The second-order valence-electron chi connectivity index (χ2n) is 9.35. The van der Waals surface area contributed by atoms with E-state index in [1.165, 1.54) is 30.3 Å². The molecule has 3 aromatic rings. The maximum Gasteiger partial charge on any atom is 0.254 e. The fourth-order valence-electron chi connectivity index (χ4n) is 4.72. The van der Waals surface area contributed by atoms with Crippen LogP contribution in [0.3, 0.4) is 0 Å². The van der Waals surface area contributed by atoms with Crippen molar-refractivity contribution in [3.05, 3.63) is 95.6 Å². The molecule has 8 heteroatoms. The van der Waals surface area contributed by atoms with E-state index in [-0.39, 0.29) is 12.0 Å². The number of hydrogen-bond donors (Lipinski definition) is 3. The van der Waals surface area contributed by atoms with Gasteiger partial charge in [0.2, 0.25) is 5.91 Å². The Morgan fingerprint density at radius 1 is 1.03 bits per heavy atom. The highest BCUT2D eigenvalue weighted by Gasteiger charge is 2.40. The molecule has 1 saturated heterocycles. The van der Waals surface area contributed by atoms with E-state index in [0.29, 0.717) is 17.6 Å². The second-order valence-corrected chi connectivity index (χ2v) is 9.35. The molecule has 1 aliphatic carbocycles. The number of rotatable bonds is 7. The highest BCUT2D eigenvalue weighted by atomic mass is 19.1. The average Bonchev–Trinajstić information content (AvgIpc) is 3.63. The molecule has 36 heavy (non-hydrogen) atoms. The third-order valence-electron chi connectivity index (χ3n) is 6.75. The SMILES string of the molecule is O=C(NC(Cc1ccccc1)C(=O)Nc1cc(F)ccc1N1CCNC2CC2C1)c1ccccc1F. The van der Waals surface area contributed by atoms with Gasteiger partial charge >= 0.3 is 0 Å². The number of nitrogens with zero attached hydrogens (tertiary/aromatic N) is 1. The molecule has 2 aliphatic rings. The lowest BCUT2D eigenvalue weighted by Gasteiger charge is -2.27. The van der Waals surface area contributed by atoms with Gasteiger partial charge in [0.25, 0.3) is 5.91 Å². The summed E-state index contributed by atoms with van der Waals surface area (Å²) in [5.41, 5.74) is 1.76. The minimum absolute atomic E-state index is 0.147. The maximum absolute atomic E-state index is 14.3. The van der Waals surface area contributed by atoms with Crippen LogP contribution in [0.1, 0.15) is 22.3 Å². The molecule has 3 atom stereocenters. The topological polar surface area (TPSA) is 73.5 Å². The number of fused-ring (bicyclic) bond motifs is 1. The van der Waals surface area contributed by atoms with Crippen molar-refractivity contribution in [2.24, 2.45) is 5.92 Å². The molecule has 5 rings (SSSR count). The molecule has 3 aromatic carbocycles. The lowest BCUT2D eigenvalue weighted by Crippen LogP contribution is -2.45. The van der Waals surface area contributed by atoms with Gasteiger partial charge < -0.3 is 20.9 Å². The predicted molar refractivity (Wildman–Crippen MR) is 135 cm³/mol. The molecule has 186 valence electrons. The number of anilines is 2. The maximum atomic E-state index is 14.3. The molecule has 1 aliphatic heterocycles. The van der Waals surface area contributed by atoms with Crippen molar-refractivity contribution in [3.8, 4) is 0 Å². The van der Waals surface area contributed by atoms with Gasteiger partial charge in [-0.1, -0.05) is 42.5 Å². The third-order valence-corrected chi connectivity index (χ3v) is 6.75. The third kappa shape index (κ3) is 5.54. The van der Waals surface area contributed by atoms with Gasteiger partial charge in [-0.3, -0.25) is 9.59 Å². The van der Waals surface area contributed by atoms with Gasteiger partial charge in [0.15, 0.2) is 0 Å². The van der Waals surface area contributed by atoms with Crippen molar-refractivity contribution in [1.29, 1.82) is 0 Å². The van der Waals surface area contributed by atoms with Gasteiger partial charge in [0.05, 0.1) is 16.9 Å². The first kappa shape index (κ1) is 23.9. The first-order chi connectivity index (χ1) is 17.5. The van der Waals surface area contributed by atoms with Gasteiger partial charge in [-0.2, -0.15) is 0 Å². The standard InChI is InChI=1S/C28H28F2N4O2/c29-20-10-11-26(34-13-12-31-23-15-19(23)17-34)24(16-20)32-28(36)25(14-18-6-2-1-3-7-18)33-27(35)21-8-4-5-9-22(21)30/h1-11,16,19,23,25,31H,12-15,17H2,(H,32,36)(H,33,35). The van der Waals surface area contributed by atoms with Gasteiger partial charge in [-0.25, -0.2) is 8.78 Å². The van der Waals surface area contributed by atoms with Gasteiger partial charge in [0.1, 0.15) is 17.7 Å². The van der Waals surface area contributed by atoms with Crippen LogP contribution in [0.15, 0.2) is 72.8 Å². The van der Waals surface area contributed by atoms with Crippen LogP contribution in [-0.4, -0.2) is 43.5 Å². The summed E-state index contributed by atoms with van der Waals surface area (Å²) in [4.78, 5) is 28.5. The van der Waals surface area contributed by atoms with Crippen molar-refractivity contribution in [3.63, 3.8) is 0 Å². The Morgan fingerprint density at radius 3 is 2.61 bits per heavy atom. The number of halogens is 2. The number of nitrogens with one attached hydrogen (secondary N) is 3. The molecule has 0 radical (unpaired) electrons. The molecule has 1 saturated carbocycles. The van der Waals surface area contributed by atoms with E-state index in [0.717, 1.165) is 37.3 Å². The second kappa shape index (κ2) is 10.5. The van der Waals surface area contributed by atoms with E-state index in [1.54, 1.807) is 12.1 Å². The van der Waals surface area contributed by atoms with Crippen LogP contribution in [0.5, 0.6) is 0 Å². The van der Waals surface area contributed by atoms with E-state index in [1.807, 2.05) is 30.3 Å². The largest absolute Gasteiger partial charge is 0.368 e. The van der Waals surface area contributed by atoms with Crippen molar-refractivity contribution in [1.82, 2.24) is 10.6 Å². The van der Waals surface area contributed by atoms with Gasteiger partial charge in [-0.15, -0.1) is 0 Å². The summed E-state index contributed by atoms with van der Waals surface area (Å²) in [7, 11) is 0. The summed E-state index contributed by atoms with van der Waals surface area (Å²) >= 11 is 0. The molecule has 3 unspecified atom stereocenters. The van der Waals surface area contributed by atoms with E-state index < -0.39 is 29.5 Å². The predicted octanol–water partition coefficient (Wildman–Crippen LogP) is 3.74. The Bertz CT molecular complexity index is 1250. The molecule has 2 fully saturated rings. The summed E-state index contributed by atoms with van der Waals surface area (Å²) in [5.74, 6) is -1.81. The molecule has 0 spiro atoms. The zero-order valence-corrected chi connectivity index (χ0v) is 19.7. The summed E-state index contributed by atoms with van der Waals surface area (Å²) < 4.78 is 28.5. The lowest BCUT2D eigenvalue weighted by atomic mass is 10.0. The molecular formula is C28H28F2N4O2. The van der Waals surface area contributed by atoms with E-state index in [4.69, 9.17) is 0 Å². The van der Waals surface area contributed by atoms with Crippen LogP contribution in [0.25, 0.3) is 0 Å². The fourth-order valence-corrected chi connectivity index (χ4v) is 4.72. The zero-order valence-electron chi connectivity index (χ0n) is 19.7. The van der Waals surface area contributed by atoms with E-state index in [2.05, 4.69) is 20.9 Å². The van der Waals surface area contributed by atoms with Crippen molar-refractivity contribution in [2.45, 2.75) is 24.9 Å². The first-order valence-corrected chi connectivity index (χ1v) is 12.2. The fraction of sp³-hybridized carbons (Fsp3) is 0.286. The van der Waals surface area contributed by atoms with Crippen molar-refractivity contribution < 1.29 is 18.4 Å². The lowest BCUT2D eigenvalue weighted by molar-refractivity contribution is -0.118. The Labute approximate surface area is 208 Å². The van der Waals surface area contributed by atoms with E-state index >= 15 is 0 Å². The monoisotopic (exact) mass is 490 g/mol. The normalized spacial score (nSPS) is 19.6. The zero-order chi connectivity index (χ0) is 25.1. The summed E-state index contributed by atoms with van der Waals surface area (Å²) in [6.07, 6.45) is 1.30. The Balaban J connectivity index is 1.39. The van der Waals surface area contributed by atoms with E-state index in [9.17, 15) is 18.4 Å². The Hall–Kier alpha value is -3.78. The number of carbonyl (C=O) groups excluding carboxylic acids is 2. The van der Waals surface area contributed by atoms with Crippen LogP contribution < -0.4 is 20.9 Å². The molecule has 0 aromatic heterocycles. The van der Waals surface area contributed by atoms with Crippen LogP contribution in [-0.2, 0) is 11.2 Å². The molecule has 2 amide bonds. The molecule has 0 bridgehead atoms. The number of carbonyl (C=O) groups is 2. The van der Waals surface area contributed by atoms with Crippen LogP contribution >= 0.6 is 0 Å². The van der Waals surface area contributed by atoms with Crippen LogP contribution in [0.4, 0.5) is 20.2 Å².